The van der Waals surface area contributed by atoms with E-state index in [1.54, 1.807) is 12.1 Å². The zero-order chi connectivity index (χ0) is 15.1. The van der Waals surface area contributed by atoms with E-state index in [0.29, 0.717) is 17.8 Å². The van der Waals surface area contributed by atoms with Crippen LogP contribution in [0.2, 0.25) is 0 Å². The zero-order valence-corrected chi connectivity index (χ0v) is 11.9. The van der Waals surface area contributed by atoms with Crippen molar-refractivity contribution < 1.29 is 12.9 Å². The fourth-order valence-electron chi connectivity index (χ4n) is 1.55. The number of benzene rings is 1. The van der Waals surface area contributed by atoms with Crippen LogP contribution in [0.4, 0.5) is 0 Å². The van der Waals surface area contributed by atoms with E-state index in [9.17, 15) is 8.42 Å². The van der Waals surface area contributed by atoms with Crippen molar-refractivity contribution in [3.63, 3.8) is 0 Å². The Labute approximate surface area is 122 Å². The Morgan fingerprint density at radius 1 is 1.29 bits per heavy atom. The summed E-state index contributed by atoms with van der Waals surface area (Å²) in [5.41, 5.74) is 5.99. The van der Waals surface area contributed by atoms with Gasteiger partial charge in [0.05, 0.1) is 11.4 Å². The van der Waals surface area contributed by atoms with Crippen LogP contribution in [0, 0.1) is 11.8 Å². The number of nitrogens with zero attached hydrogens (tertiary/aromatic N) is 2. The third-order valence-corrected chi connectivity index (χ3v) is 4.02. The molecule has 8 heteroatoms. The van der Waals surface area contributed by atoms with Gasteiger partial charge < -0.3 is 10.3 Å². The molecule has 2 aromatic rings. The van der Waals surface area contributed by atoms with E-state index in [4.69, 9.17) is 5.73 Å². The molecular formula is C13H14N4O3S. The summed E-state index contributed by atoms with van der Waals surface area (Å²) in [6, 6.07) is 6.27. The number of hydrogen-bond donors (Lipinski definition) is 2. The molecule has 110 valence electrons. The molecule has 2 rings (SSSR count). The standard InChI is InChI=1S/C13H14N4O3S/c14-8-1-2-11-3-5-12(6-4-11)21(18,19)16-9-7-13-15-10-20-17-13/h3-6,10,16H,7-9,14H2. The van der Waals surface area contributed by atoms with Crippen LogP contribution in [0.1, 0.15) is 11.4 Å². The van der Waals surface area contributed by atoms with E-state index in [2.05, 4.69) is 31.2 Å². The molecule has 7 nitrogen and oxygen atoms in total. The number of nitrogens with two attached hydrogens (primary N) is 1. The lowest BCUT2D eigenvalue weighted by Crippen LogP contribution is -2.26. The van der Waals surface area contributed by atoms with Crippen molar-refractivity contribution >= 4 is 10.0 Å². The van der Waals surface area contributed by atoms with Crippen molar-refractivity contribution in [2.45, 2.75) is 11.3 Å². The second kappa shape index (κ2) is 6.99. The van der Waals surface area contributed by atoms with Gasteiger partial charge in [-0.25, -0.2) is 13.1 Å². The molecule has 3 N–H and O–H groups in total. The highest BCUT2D eigenvalue weighted by Crippen LogP contribution is 2.09. The molecule has 0 fully saturated rings. The summed E-state index contributed by atoms with van der Waals surface area (Å²) >= 11 is 0. The fraction of sp³-hybridized carbons (Fsp3) is 0.231. The van der Waals surface area contributed by atoms with Gasteiger partial charge in [0.2, 0.25) is 16.4 Å². The van der Waals surface area contributed by atoms with Gasteiger partial charge in [0, 0.05) is 18.5 Å². The molecule has 21 heavy (non-hydrogen) atoms. The molecule has 1 aromatic heterocycles. The van der Waals surface area contributed by atoms with Gasteiger partial charge in [-0.15, -0.1) is 0 Å². The van der Waals surface area contributed by atoms with Gasteiger partial charge in [0.25, 0.3) is 0 Å². The van der Waals surface area contributed by atoms with Crippen LogP contribution < -0.4 is 10.5 Å². The first-order valence-electron chi connectivity index (χ1n) is 6.16. The van der Waals surface area contributed by atoms with Crippen molar-refractivity contribution in [1.82, 2.24) is 14.9 Å². The summed E-state index contributed by atoms with van der Waals surface area (Å²) in [6.45, 7) is 0.453. The van der Waals surface area contributed by atoms with Gasteiger partial charge in [-0.2, -0.15) is 4.98 Å². The van der Waals surface area contributed by atoms with E-state index < -0.39 is 10.0 Å². The van der Waals surface area contributed by atoms with Crippen LogP contribution in [0.5, 0.6) is 0 Å². The summed E-state index contributed by atoms with van der Waals surface area (Å²) in [5, 5.41) is 3.60. The SMILES string of the molecule is NCC#Cc1ccc(S(=O)(=O)NCCc2ncon2)cc1. The molecule has 0 unspecified atom stereocenters. The maximum Gasteiger partial charge on any atom is 0.240 e. The van der Waals surface area contributed by atoms with Crippen LogP contribution in [-0.2, 0) is 16.4 Å². The van der Waals surface area contributed by atoms with E-state index in [1.165, 1.54) is 18.5 Å². The maximum atomic E-state index is 12.1. The van der Waals surface area contributed by atoms with Crippen LogP contribution in [0.25, 0.3) is 0 Å². The fourth-order valence-corrected chi connectivity index (χ4v) is 2.59. The molecule has 1 heterocycles. The number of hydrogen-bond acceptors (Lipinski definition) is 6. The average molecular weight is 306 g/mol. The minimum absolute atomic E-state index is 0.175. The zero-order valence-electron chi connectivity index (χ0n) is 11.1. The molecule has 0 aliphatic heterocycles. The lowest BCUT2D eigenvalue weighted by molar-refractivity contribution is 0.410. The predicted octanol–water partition coefficient (Wildman–Crippen LogP) is -0.0992. The molecule has 0 radical (unpaired) electrons. The highest BCUT2D eigenvalue weighted by molar-refractivity contribution is 7.89. The Kier molecular flexibility index (Phi) is 5.05. The number of sulfonamides is 1. The van der Waals surface area contributed by atoms with Crippen LogP contribution in [0.3, 0.4) is 0 Å². The van der Waals surface area contributed by atoms with Gasteiger partial charge in [-0.05, 0) is 24.3 Å². The molecule has 1 aromatic carbocycles. The second-order valence-electron chi connectivity index (χ2n) is 4.03. The Morgan fingerprint density at radius 2 is 2.05 bits per heavy atom. The molecular weight excluding hydrogens is 292 g/mol. The summed E-state index contributed by atoms with van der Waals surface area (Å²) in [6.07, 6.45) is 1.56. The molecule has 0 spiro atoms. The second-order valence-corrected chi connectivity index (χ2v) is 5.79. The molecule has 0 amide bonds. The Hall–Kier alpha value is -2.21. The average Bonchev–Trinajstić information content (AvgIpc) is 2.98. The van der Waals surface area contributed by atoms with Crippen molar-refractivity contribution in [1.29, 1.82) is 0 Å². The smallest absolute Gasteiger partial charge is 0.240 e. The number of nitrogens with one attached hydrogen (secondary N) is 1. The summed E-state index contributed by atoms with van der Waals surface area (Å²) in [4.78, 5) is 3.99. The van der Waals surface area contributed by atoms with Crippen molar-refractivity contribution in [2.75, 3.05) is 13.1 Å². The first kappa shape index (κ1) is 15.2. The lowest BCUT2D eigenvalue weighted by atomic mass is 10.2. The third-order valence-electron chi connectivity index (χ3n) is 2.55. The van der Waals surface area contributed by atoms with Gasteiger partial charge in [0.1, 0.15) is 0 Å². The van der Waals surface area contributed by atoms with Crippen molar-refractivity contribution in [2.24, 2.45) is 5.73 Å². The predicted molar refractivity (Wildman–Crippen MR) is 75.6 cm³/mol. The monoisotopic (exact) mass is 306 g/mol. The molecule has 0 aliphatic carbocycles. The topological polar surface area (TPSA) is 111 Å². The maximum absolute atomic E-state index is 12.1. The van der Waals surface area contributed by atoms with Crippen molar-refractivity contribution in [3.8, 4) is 11.8 Å². The van der Waals surface area contributed by atoms with Crippen LogP contribution >= 0.6 is 0 Å². The molecule has 0 atom stereocenters. The van der Waals surface area contributed by atoms with E-state index >= 15 is 0 Å². The summed E-state index contributed by atoms with van der Waals surface area (Å²) < 4.78 is 31.1. The Morgan fingerprint density at radius 3 is 2.67 bits per heavy atom. The first-order chi connectivity index (χ1) is 10.1. The largest absolute Gasteiger partial charge is 0.343 e. The first-order valence-corrected chi connectivity index (χ1v) is 7.64. The molecule has 0 saturated carbocycles. The molecule has 0 bridgehead atoms. The Balaban J connectivity index is 1.98. The van der Waals surface area contributed by atoms with Crippen LogP contribution in [0.15, 0.2) is 40.1 Å². The molecule has 0 saturated heterocycles. The van der Waals surface area contributed by atoms with Gasteiger partial charge >= 0.3 is 0 Å². The van der Waals surface area contributed by atoms with E-state index in [-0.39, 0.29) is 18.0 Å². The minimum atomic E-state index is -3.56. The van der Waals surface area contributed by atoms with Gasteiger partial charge in [0.15, 0.2) is 5.82 Å². The number of aromatic nitrogens is 2. The summed E-state index contributed by atoms with van der Waals surface area (Å²) in [7, 11) is -3.56. The minimum Gasteiger partial charge on any atom is -0.343 e. The molecule has 0 aliphatic rings. The van der Waals surface area contributed by atoms with Gasteiger partial charge in [-0.1, -0.05) is 17.0 Å². The van der Waals surface area contributed by atoms with E-state index in [1.807, 2.05) is 0 Å². The quantitative estimate of drug-likeness (QED) is 0.746. The highest BCUT2D eigenvalue weighted by atomic mass is 32.2. The number of rotatable bonds is 5. The van der Waals surface area contributed by atoms with Gasteiger partial charge in [-0.3, -0.25) is 0 Å². The Bertz CT molecular complexity index is 728. The van der Waals surface area contributed by atoms with Crippen LogP contribution in [-0.4, -0.2) is 31.6 Å². The third kappa shape index (κ3) is 4.39. The normalized spacial score (nSPS) is 10.9. The lowest BCUT2D eigenvalue weighted by Gasteiger charge is -2.05. The van der Waals surface area contributed by atoms with Crippen molar-refractivity contribution in [3.05, 3.63) is 42.0 Å². The highest BCUT2D eigenvalue weighted by Gasteiger charge is 2.13. The summed E-state index contributed by atoms with van der Waals surface area (Å²) in [5.74, 6) is 5.98. The van der Waals surface area contributed by atoms with E-state index in [0.717, 1.165) is 0 Å².